The first-order valence-electron chi connectivity index (χ1n) is 4.79. The van der Waals surface area contributed by atoms with E-state index in [1.165, 1.54) is 5.56 Å². The van der Waals surface area contributed by atoms with Gasteiger partial charge >= 0.3 is 0 Å². The van der Waals surface area contributed by atoms with Crippen LogP contribution >= 0.6 is 0 Å². The fourth-order valence-corrected chi connectivity index (χ4v) is 1.60. The van der Waals surface area contributed by atoms with Gasteiger partial charge in [0.15, 0.2) is 0 Å². The topological polar surface area (TPSA) is 21.3 Å². The second-order valence-corrected chi connectivity index (χ2v) is 3.50. The first kappa shape index (κ1) is 8.57. The smallest absolute Gasteiger partial charge is 0.122 e. The minimum absolute atomic E-state index is 0.362. The minimum atomic E-state index is 0.362. The number of aryl methyl sites for hydroxylation is 1. The molecule has 2 nitrogen and oxygen atoms in total. The van der Waals surface area contributed by atoms with E-state index < -0.39 is 0 Å². The summed E-state index contributed by atoms with van der Waals surface area (Å²) in [5.41, 5.74) is 1.22. The van der Waals surface area contributed by atoms with Gasteiger partial charge in [0.25, 0.3) is 0 Å². The van der Waals surface area contributed by atoms with Crippen molar-refractivity contribution in [3.05, 3.63) is 29.8 Å². The Morgan fingerprint density at radius 1 is 1.38 bits per heavy atom. The third-order valence-corrected chi connectivity index (χ3v) is 2.40. The summed E-state index contributed by atoms with van der Waals surface area (Å²) >= 11 is 0. The Labute approximate surface area is 78.9 Å². The van der Waals surface area contributed by atoms with E-state index >= 15 is 0 Å². The van der Waals surface area contributed by atoms with Crippen LogP contribution in [-0.4, -0.2) is 19.2 Å². The number of nitrogens with one attached hydrogen (secondary N) is 1. The van der Waals surface area contributed by atoms with Gasteiger partial charge in [0.1, 0.15) is 11.9 Å². The minimum Gasteiger partial charge on any atom is -0.489 e. The van der Waals surface area contributed by atoms with Crippen LogP contribution in [0.1, 0.15) is 12.0 Å². The second kappa shape index (κ2) is 3.79. The predicted molar refractivity (Wildman–Crippen MR) is 53.1 cm³/mol. The lowest BCUT2D eigenvalue weighted by Crippen LogP contribution is -2.19. The van der Waals surface area contributed by atoms with E-state index in [1.807, 2.05) is 18.2 Å². The van der Waals surface area contributed by atoms with E-state index in [0.29, 0.717) is 6.10 Å². The van der Waals surface area contributed by atoms with Gasteiger partial charge in [0.2, 0.25) is 0 Å². The molecule has 70 valence electrons. The first-order chi connectivity index (χ1) is 6.36. The van der Waals surface area contributed by atoms with Gasteiger partial charge in [-0.15, -0.1) is 0 Å². The van der Waals surface area contributed by atoms with E-state index in [0.717, 1.165) is 25.3 Å². The van der Waals surface area contributed by atoms with E-state index in [1.54, 1.807) is 0 Å². The number of ether oxygens (including phenoxy) is 1. The van der Waals surface area contributed by atoms with Crippen LogP contribution in [0.25, 0.3) is 0 Å². The molecule has 0 amide bonds. The largest absolute Gasteiger partial charge is 0.489 e. The average Bonchev–Trinajstić information content (AvgIpc) is 2.61. The van der Waals surface area contributed by atoms with Crippen molar-refractivity contribution in [1.29, 1.82) is 0 Å². The van der Waals surface area contributed by atoms with Gasteiger partial charge in [-0.3, -0.25) is 0 Å². The Kier molecular flexibility index (Phi) is 2.50. The van der Waals surface area contributed by atoms with Crippen LogP contribution in [0.4, 0.5) is 0 Å². The van der Waals surface area contributed by atoms with Crippen LogP contribution in [0, 0.1) is 6.92 Å². The summed E-state index contributed by atoms with van der Waals surface area (Å²) in [5, 5.41) is 3.29. The molecule has 0 aliphatic carbocycles. The van der Waals surface area contributed by atoms with Gasteiger partial charge in [-0.1, -0.05) is 18.2 Å². The number of benzene rings is 1. The van der Waals surface area contributed by atoms with Gasteiger partial charge in [-0.05, 0) is 31.5 Å². The summed E-state index contributed by atoms with van der Waals surface area (Å²) in [5.74, 6) is 1.02. The highest BCUT2D eigenvalue weighted by molar-refractivity contribution is 5.32. The Morgan fingerprint density at radius 2 is 2.23 bits per heavy atom. The van der Waals surface area contributed by atoms with Gasteiger partial charge < -0.3 is 10.1 Å². The lowest BCUT2D eigenvalue weighted by Gasteiger charge is -2.13. The molecular formula is C11H15NO. The van der Waals surface area contributed by atoms with E-state index in [-0.39, 0.29) is 0 Å². The zero-order valence-electron chi connectivity index (χ0n) is 7.92. The molecule has 1 aromatic rings. The van der Waals surface area contributed by atoms with E-state index in [2.05, 4.69) is 18.3 Å². The van der Waals surface area contributed by atoms with Gasteiger partial charge in [-0.25, -0.2) is 0 Å². The summed E-state index contributed by atoms with van der Waals surface area (Å²) in [6.45, 7) is 4.14. The van der Waals surface area contributed by atoms with Crippen molar-refractivity contribution in [2.45, 2.75) is 19.4 Å². The van der Waals surface area contributed by atoms with Crippen molar-refractivity contribution in [2.24, 2.45) is 0 Å². The summed E-state index contributed by atoms with van der Waals surface area (Å²) in [4.78, 5) is 0. The van der Waals surface area contributed by atoms with Crippen LogP contribution in [0.15, 0.2) is 24.3 Å². The molecule has 1 aliphatic heterocycles. The lowest BCUT2D eigenvalue weighted by atomic mass is 10.2. The predicted octanol–water partition coefficient (Wildman–Crippen LogP) is 1.74. The van der Waals surface area contributed by atoms with Crippen molar-refractivity contribution < 1.29 is 4.74 Å². The molecule has 2 rings (SSSR count). The zero-order valence-corrected chi connectivity index (χ0v) is 7.92. The third kappa shape index (κ3) is 2.01. The molecule has 13 heavy (non-hydrogen) atoms. The number of rotatable bonds is 2. The monoisotopic (exact) mass is 177 g/mol. The number of hydrogen-bond donors (Lipinski definition) is 1. The first-order valence-corrected chi connectivity index (χ1v) is 4.79. The molecule has 1 heterocycles. The van der Waals surface area contributed by atoms with Crippen molar-refractivity contribution in [1.82, 2.24) is 5.32 Å². The molecule has 1 aliphatic rings. The fraction of sp³-hybridized carbons (Fsp3) is 0.455. The number of para-hydroxylation sites is 1. The summed E-state index contributed by atoms with van der Waals surface area (Å²) < 4.78 is 5.84. The molecule has 0 saturated carbocycles. The summed E-state index contributed by atoms with van der Waals surface area (Å²) in [6.07, 6.45) is 1.48. The van der Waals surface area contributed by atoms with Crippen LogP contribution < -0.4 is 10.1 Å². The van der Waals surface area contributed by atoms with Crippen molar-refractivity contribution >= 4 is 0 Å². The van der Waals surface area contributed by atoms with Crippen LogP contribution in [-0.2, 0) is 0 Å². The molecule has 1 N–H and O–H groups in total. The van der Waals surface area contributed by atoms with Gasteiger partial charge in [0.05, 0.1) is 0 Å². The Balaban J connectivity index is 2.04. The molecule has 1 saturated heterocycles. The molecule has 2 heteroatoms. The zero-order chi connectivity index (χ0) is 9.10. The molecular weight excluding hydrogens is 162 g/mol. The quantitative estimate of drug-likeness (QED) is 0.743. The highest BCUT2D eigenvalue weighted by Crippen LogP contribution is 2.19. The molecule has 1 fully saturated rings. The van der Waals surface area contributed by atoms with Crippen LogP contribution in [0.5, 0.6) is 5.75 Å². The molecule has 1 aromatic carbocycles. The van der Waals surface area contributed by atoms with Crippen molar-refractivity contribution in [3.63, 3.8) is 0 Å². The van der Waals surface area contributed by atoms with Crippen molar-refractivity contribution in [3.8, 4) is 5.75 Å². The molecule has 0 spiro atoms. The Morgan fingerprint density at radius 3 is 2.92 bits per heavy atom. The second-order valence-electron chi connectivity index (χ2n) is 3.50. The summed E-state index contributed by atoms with van der Waals surface area (Å²) in [6, 6.07) is 8.17. The highest BCUT2D eigenvalue weighted by atomic mass is 16.5. The van der Waals surface area contributed by atoms with Crippen LogP contribution in [0.3, 0.4) is 0 Å². The van der Waals surface area contributed by atoms with E-state index in [9.17, 15) is 0 Å². The Bertz CT molecular complexity index is 279. The molecule has 0 bridgehead atoms. The maximum absolute atomic E-state index is 5.84. The maximum Gasteiger partial charge on any atom is 0.122 e. The molecule has 1 unspecified atom stereocenters. The van der Waals surface area contributed by atoms with Gasteiger partial charge in [0, 0.05) is 6.54 Å². The normalized spacial score (nSPS) is 21.8. The SMILES string of the molecule is Cc1ccccc1OC1CCNC1. The lowest BCUT2D eigenvalue weighted by molar-refractivity contribution is 0.221. The average molecular weight is 177 g/mol. The summed E-state index contributed by atoms with van der Waals surface area (Å²) in [7, 11) is 0. The maximum atomic E-state index is 5.84. The van der Waals surface area contributed by atoms with E-state index in [4.69, 9.17) is 4.74 Å². The fourth-order valence-electron chi connectivity index (χ4n) is 1.60. The molecule has 1 atom stereocenters. The molecule has 0 radical (unpaired) electrons. The van der Waals surface area contributed by atoms with Gasteiger partial charge in [-0.2, -0.15) is 0 Å². The number of hydrogen-bond acceptors (Lipinski definition) is 2. The third-order valence-electron chi connectivity index (χ3n) is 2.40. The standard InChI is InChI=1S/C11H15NO/c1-9-4-2-3-5-11(9)13-10-6-7-12-8-10/h2-5,10,12H,6-8H2,1H3. The Hall–Kier alpha value is -1.02. The molecule has 0 aromatic heterocycles. The van der Waals surface area contributed by atoms with Crippen molar-refractivity contribution in [2.75, 3.05) is 13.1 Å². The highest BCUT2D eigenvalue weighted by Gasteiger charge is 2.16. The van der Waals surface area contributed by atoms with Crippen LogP contribution in [0.2, 0.25) is 0 Å².